The van der Waals surface area contributed by atoms with Gasteiger partial charge in [-0.2, -0.15) is 5.10 Å². The molecule has 4 nitrogen and oxygen atoms in total. The highest BCUT2D eigenvalue weighted by Crippen LogP contribution is 2.35. The number of aromatic nitrogens is 2. The molecule has 4 N–H and O–H groups in total. The van der Waals surface area contributed by atoms with Crippen LogP contribution in [0.2, 0.25) is 0 Å². The zero-order valence-electron chi connectivity index (χ0n) is 6.83. The summed E-state index contributed by atoms with van der Waals surface area (Å²) in [5, 5.41) is 7.79. The van der Waals surface area contributed by atoms with Gasteiger partial charge in [0.15, 0.2) is 5.82 Å². The van der Waals surface area contributed by atoms with Crippen LogP contribution in [-0.2, 0) is 0 Å². The summed E-state index contributed by atoms with van der Waals surface area (Å²) in [6.45, 7) is 0. The average molecular weight is 164 g/mol. The highest BCUT2D eigenvalue weighted by Gasteiger charge is 2.21. The number of hydrogen-bond donors (Lipinski definition) is 2. The van der Waals surface area contributed by atoms with Crippen molar-refractivity contribution < 1.29 is 0 Å². The lowest BCUT2D eigenvalue weighted by Crippen LogP contribution is -2.12. The molecule has 1 aromatic heterocycles. The number of nitrogens with two attached hydrogens (primary N) is 2. The quantitative estimate of drug-likeness (QED) is 0.646. The zero-order valence-corrected chi connectivity index (χ0v) is 6.83. The van der Waals surface area contributed by atoms with Gasteiger partial charge in [0.05, 0.1) is 11.4 Å². The average Bonchev–Trinajstić information content (AvgIpc) is 1.93. The lowest BCUT2D eigenvalue weighted by atomic mass is 9.83. The first-order chi connectivity index (χ1) is 5.77. The first-order valence-electron chi connectivity index (χ1n) is 4.16. The Bertz CT molecular complexity index is 293. The van der Waals surface area contributed by atoms with Crippen LogP contribution in [0.5, 0.6) is 0 Å². The third-order valence-electron chi connectivity index (χ3n) is 2.40. The molecule has 1 aliphatic rings. The van der Waals surface area contributed by atoms with Gasteiger partial charge in [-0.25, -0.2) is 0 Å². The van der Waals surface area contributed by atoms with Crippen LogP contribution in [0.4, 0.5) is 11.5 Å². The molecule has 0 atom stereocenters. The molecular weight excluding hydrogens is 152 g/mol. The Labute approximate surface area is 71.0 Å². The number of nitrogen functional groups attached to an aromatic ring is 2. The molecule has 4 heteroatoms. The Balaban J connectivity index is 2.27. The first-order valence-corrected chi connectivity index (χ1v) is 4.16. The minimum atomic E-state index is 0.332. The minimum absolute atomic E-state index is 0.332. The van der Waals surface area contributed by atoms with Crippen LogP contribution in [0.3, 0.4) is 0 Å². The van der Waals surface area contributed by atoms with Crippen LogP contribution in [-0.4, -0.2) is 10.2 Å². The number of hydrogen-bond acceptors (Lipinski definition) is 4. The summed E-state index contributed by atoms with van der Waals surface area (Å²) < 4.78 is 0. The first kappa shape index (κ1) is 7.34. The highest BCUT2D eigenvalue weighted by atomic mass is 15.1. The van der Waals surface area contributed by atoms with Crippen molar-refractivity contribution in [2.75, 3.05) is 11.5 Å². The number of nitrogens with zero attached hydrogens (tertiary/aromatic N) is 2. The molecule has 1 fully saturated rings. The summed E-state index contributed by atoms with van der Waals surface area (Å²) in [5.41, 5.74) is 12.6. The van der Waals surface area contributed by atoms with Crippen molar-refractivity contribution in [2.45, 2.75) is 25.2 Å². The predicted molar refractivity (Wildman–Crippen MR) is 47.4 cm³/mol. The van der Waals surface area contributed by atoms with Gasteiger partial charge in [0, 0.05) is 5.92 Å². The van der Waals surface area contributed by atoms with Crippen LogP contribution in [0.1, 0.15) is 30.9 Å². The SMILES string of the molecule is Nc1cc(C2CCC2)nnc1N. The number of anilines is 2. The minimum Gasteiger partial charge on any atom is -0.396 e. The molecule has 2 rings (SSSR count). The second-order valence-corrected chi connectivity index (χ2v) is 3.24. The van der Waals surface area contributed by atoms with Crippen molar-refractivity contribution in [3.63, 3.8) is 0 Å². The maximum atomic E-state index is 5.61. The van der Waals surface area contributed by atoms with Gasteiger partial charge in [-0.1, -0.05) is 6.42 Å². The van der Waals surface area contributed by atoms with Crippen molar-refractivity contribution in [1.29, 1.82) is 0 Å². The van der Waals surface area contributed by atoms with Crippen molar-refractivity contribution in [2.24, 2.45) is 0 Å². The van der Waals surface area contributed by atoms with Gasteiger partial charge in [0.2, 0.25) is 0 Å². The second kappa shape index (κ2) is 2.62. The predicted octanol–water partition coefficient (Wildman–Crippen LogP) is 0.908. The molecule has 1 aliphatic carbocycles. The Hall–Kier alpha value is -1.32. The van der Waals surface area contributed by atoms with Crippen LogP contribution < -0.4 is 11.5 Å². The van der Waals surface area contributed by atoms with E-state index in [0.29, 0.717) is 17.4 Å². The van der Waals surface area contributed by atoms with E-state index in [9.17, 15) is 0 Å². The molecule has 0 aromatic carbocycles. The van der Waals surface area contributed by atoms with Crippen LogP contribution in [0, 0.1) is 0 Å². The van der Waals surface area contributed by atoms with Crippen LogP contribution in [0.25, 0.3) is 0 Å². The molecule has 0 spiro atoms. The maximum Gasteiger partial charge on any atom is 0.169 e. The summed E-state index contributed by atoms with van der Waals surface area (Å²) in [6.07, 6.45) is 3.70. The van der Waals surface area contributed by atoms with Gasteiger partial charge in [-0.05, 0) is 18.9 Å². The lowest BCUT2D eigenvalue weighted by molar-refractivity contribution is 0.408. The molecular formula is C8H12N4. The van der Waals surface area contributed by atoms with E-state index in [-0.39, 0.29) is 0 Å². The summed E-state index contributed by atoms with van der Waals surface area (Å²) in [6, 6.07) is 1.84. The second-order valence-electron chi connectivity index (χ2n) is 3.24. The molecule has 1 aromatic rings. The Morgan fingerprint density at radius 3 is 2.50 bits per heavy atom. The molecule has 0 unspecified atom stereocenters. The monoisotopic (exact) mass is 164 g/mol. The lowest BCUT2D eigenvalue weighted by Gasteiger charge is -2.24. The standard InChI is InChI=1S/C8H12N4/c9-6-4-7(5-2-1-3-5)11-12-8(6)10/h4-5H,1-3H2,(H2,9,11)(H2,10,12). The van der Waals surface area contributed by atoms with Crippen LogP contribution in [0.15, 0.2) is 6.07 Å². The normalized spacial score (nSPS) is 17.3. The summed E-state index contributed by atoms with van der Waals surface area (Å²) in [7, 11) is 0. The molecule has 12 heavy (non-hydrogen) atoms. The van der Waals surface area contributed by atoms with Gasteiger partial charge >= 0.3 is 0 Å². The Morgan fingerprint density at radius 1 is 1.25 bits per heavy atom. The maximum absolute atomic E-state index is 5.61. The Kier molecular flexibility index (Phi) is 1.60. The molecule has 0 bridgehead atoms. The fourth-order valence-corrected chi connectivity index (χ4v) is 1.33. The molecule has 0 aliphatic heterocycles. The smallest absolute Gasteiger partial charge is 0.169 e. The highest BCUT2D eigenvalue weighted by molar-refractivity contribution is 5.57. The molecule has 1 saturated carbocycles. The molecule has 64 valence electrons. The van der Waals surface area contributed by atoms with E-state index < -0.39 is 0 Å². The third-order valence-corrected chi connectivity index (χ3v) is 2.40. The molecule has 1 heterocycles. The van der Waals surface area contributed by atoms with Gasteiger partial charge in [0.1, 0.15) is 0 Å². The third kappa shape index (κ3) is 1.09. The van der Waals surface area contributed by atoms with Crippen molar-refractivity contribution >= 4 is 11.5 Å². The van der Waals surface area contributed by atoms with Gasteiger partial charge < -0.3 is 11.5 Å². The molecule has 0 amide bonds. The Morgan fingerprint density at radius 2 is 2.00 bits per heavy atom. The van der Waals surface area contributed by atoms with E-state index in [0.717, 1.165) is 5.69 Å². The summed E-state index contributed by atoms with van der Waals surface area (Å²) in [5.74, 6) is 0.901. The van der Waals surface area contributed by atoms with E-state index >= 15 is 0 Å². The van der Waals surface area contributed by atoms with Gasteiger partial charge in [-0.15, -0.1) is 5.10 Å². The van der Waals surface area contributed by atoms with E-state index in [1.165, 1.54) is 19.3 Å². The summed E-state index contributed by atoms with van der Waals surface area (Å²) in [4.78, 5) is 0. The summed E-state index contributed by atoms with van der Waals surface area (Å²) >= 11 is 0. The van der Waals surface area contributed by atoms with E-state index in [2.05, 4.69) is 10.2 Å². The number of rotatable bonds is 1. The van der Waals surface area contributed by atoms with Crippen molar-refractivity contribution in [3.05, 3.63) is 11.8 Å². The van der Waals surface area contributed by atoms with E-state index in [1.54, 1.807) is 0 Å². The fraction of sp³-hybridized carbons (Fsp3) is 0.500. The molecule has 0 radical (unpaired) electrons. The van der Waals surface area contributed by atoms with Crippen LogP contribution >= 0.6 is 0 Å². The zero-order chi connectivity index (χ0) is 8.55. The van der Waals surface area contributed by atoms with Gasteiger partial charge in [-0.3, -0.25) is 0 Å². The topological polar surface area (TPSA) is 77.8 Å². The van der Waals surface area contributed by atoms with E-state index in [1.807, 2.05) is 6.07 Å². The van der Waals surface area contributed by atoms with Crippen molar-refractivity contribution in [1.82, 2.24) is 10.2 Å². The van der Waals surface area contributed by atoms with Gasteiger partial charge in [0.25, 0.3) is 0 Å². The molecule has 0 saturated heterocycles. The van der Waals surface area contributed by atoms with Crippen molar-refractivity contribution in [3.8, 4) is 0 Å². The fourth-order valence-electron chi connectivity index (χ4n) is 1.33. The largest absolute Gasteiger partial charge is 0.396 e. The van der Waals surface area contributed by atoms with E-state index in [4.69, 9.17) is 11.5 Å².